The second-order valence-electron chi connectivity index (χ2n) is 4.22. The molecule has 1 fully saturated rings. The van der Waals surface area contributed by atoms with Crippen LogP contribution in [-0.4, -0.2) is 30.2 Å². The molecule has 0 bridgehead atoms. The second-order valence-corrected chi connectivity index (χ2v) is 4.22. The lowest BCUT2D eigenvalue weighted by molar-refractivity contribution is -0.0365. The van der Waals surface area contributed by atoms with Crippen molar-refractivity contribution in [1.29, 1.82) is 5.26 Å². The lowest BCUT2D eigenvalue weighted by atomic mass is 10.1. The number of rotatable bonds is 2. The number of hydrogen-bond donors (Lipinski definition) is 0. The van der Waals surface area contributed by atoms with E-state index in [4.69, 9.17) is 10.00 Å². The Balaban J connectivity index is 2.00. The Morgan fingerprint density at radius 2 is 2.19 bits per heavy atom. The summed E-state index contributed by atoms with van der Waals surface area (Å²) in [4.78, 5) is 2.30. The molecular formula is C13H16N2O. The van der Waals surface area contributed by atoms with Crippen molar-refractivity contribution in [3.63, 3.8) is 0 Å². The van der Waals surface area contributed by atoms with Crippen molar-refractivity contribution in [1.82, 2.24) is 4.90 Å². The van der Waals surface area contributed by atoms with Gasteiger partial charge >= 0.3 is 0 Å². The van der Waals surface area contributed by atoms with Crippen LogP contribution in [0.15, 0.2) is 30.3 Å². The van der Waals surface area contributed by atoms with E-state index in [1.807, 2.05) is 18.2 Å². The van der Waals surface area contributed by atoms with Gasteiger partial charge in [0.2, 0.25) is 0 Å². The van der Waals surface area contributed by atoms with Crippen LogP contribution < -0.4 is 0 Å². The minimum absolute atomic E-state index is 0.278. The molecule has 1 aliphatic rings. The second kappa shape index (κ2) is 5.11. The molecule has 1 aromatic rings. The Kier molecular flexibility index (Phi) is 3.55. The summed E-state index contributed by atoms with van der Waals surface area (Å²) in [6.45, 7) is 4.37. The minimum atomic E-state index is -0.278. The van der Waals surface area contributed by atoms with E-state index >= 15 is 0 Å². The molecular weight excluding hydrogens is 200 g/mol. The summed E-state index contributed by atoms with van der Waals surface area (Å²) in [6, 6.07) is 12.9. The Labute approximate surface area is 96.2 Å². The summed E-state index contributed by atoms with van der Waals surface area (Å²) < 4.78 is 5.40. The Morgan fingerprint density at radius 3 is 2.88 bits per heavy atom. The van der Waals surface area contributed by atoms with E-state index < -0.39 is 0 Å². The van der Waals surface area contributed by atoms with Gasteiger partial charge in [-0.3, -0.25) is 4.90 Å². The van der Waals surface area contributed by atoms with Crippen molar-refractivity contribution in [2.75, 3.05) is 13.2 Å². The SMILES string of the molecule is C[C@H]1CO[C@H](C#N)CN1Cc1ccccc1. The molecule has 1 saturated heterocycles. The summed E-state index contributed by atoms with van der Waals surface area (Å²) in [6.07, 6.45) is -0.278. The van der Waals surface area contributed by atoms with E-state index in [9.17, 15) is 0 Å². The highest BCUT2D eigenvalue weighted by Crippen LogP contribution is 2.14. The summed E-state index contributed by atoms with van der Waals surface area (Å²) in [5.74, 6) is 0. The van der Waals surface area contributed by atoms with Gasteiger partial charge in [-0.1, -0.05) is 30.3 Å². The molecule has 16 heavy (non-hydrogen) atoms. The smallest absolute Gasteiger partial charge is 0.156 e. The lowest BCUT2D eigenvalue weighted by Gasteiger charge is -2.35. The van der Waals surface area contributed by atoms with E-state index in [1.165, 1.54) is 5.56 Å². The van der Waals surface area contributed by atoms with Crippen LogP contribution >= 0.6 is 0 Å². The van der Waals surface area contributed by atoms with Crippen LogP contribution in [0.25, 0.3) is 0 Å². The first-order valence-electron chi connectivity index (χ1n) is 5.59. The highest BCUT2D eigenvalue weighted by Gasteiger charge is 2.25. The fourth-order valence-corrected chi connectivity index (χ4v) is 1.92. The predicted molar refractivity (Wildman–Crippen MR) is 61.7 cm³/mol. The molecule has 1 aliphatic heterocycles. The Morgan fingerprint density at radius 1 is 1.44 bits per heavy atom. The van der Waals surface area contributed by atoms with Crippen LogP contribution in [0.5, 0.6) is 0 Å². The van der Waals surface area contributed by atoms with Crippen molar-refractivity contribution in [3.8, 4) is 6.07 Å². The van der Waals surface area contributed by atoms with Gasteiger partial charge in [0, 0.05) is 19.1 Å². The molecule has 0 spiro atoms. The third kappa shape index (κ3) is 2.60. The zero-order chi connectivity index (χ0) is 11.4. The standard InChI is InChI=1S/C13H16N2O/c1-11-10-16-13(7-14)9-15(11)8-12-5-3-2-4-6-12/h2-6,11,13H,8-10H2,1H3/t11-,13+/m0/s1. The predicted octanol–water partition coefficient (Wildman–Crippen LogP) is 1.80. The molecule has 0 saturated carbocycles. The van der Waals surface area contributed by atoms with Crippen molar-refractivity contribution >= 4 is 0 Å². The van der Waals surface area contributed by atoms with E-state index in [1.54, 1.807) is 0 Å². The molecule has 84 valence electrons. The molecule has 3 nitrogen and oxygen atoms in total. The minimum Gasteiger partial charge on any atom is -0.360 e. The van der Waals surface area contributed by atoms with Gasteiger partial charge in [-0.05, 0) is 12.5 Å². The molecule has 2 rings (SSSR count). The fourth-order valence-electron chi connectivity index (χ4n) is 1.92. The van der Waals surface area contributed by atoms with Gasteiger partial charge in [-0.2, -0.15) is 5.26 Å². The zero-order valence-corrected chi connectivity index (χ0v) is 9.47. The monoisotopic (exact) mass is 216 g/mol. The molecule has 0 unspecified atom stereocenters. The number of morpholine rings is 1. The maximum absolute atomic E-state index is 8.86. The largest absolute Gasteiger partial charge is 0.360 e. The van der Waals surface area contributed by atoms with Gasteiger partial charge in [-0.25, -0.2) is 0 Å². The third-order valence-electron chi connectivity index (χ3n) is 2.93. The van der Waals surface area contributed by atoms with Gasteiger partial charge in [-0.15, -0.1) is 0 Å². The molecule has 2 atom stereocenters. The maximum atomic E-state index is 8.86. The first kappa shape index (κ1) is 11.1. The van der Waals surface area contributed by atoms with E-state index in [-0.39, 0.29) is 6.10 Å². The van der Waals surface area contributed by atoms with E-state index in [0.717, 1.165) is 6.54 Å². The van der Waals surface area contributed by atoms with Crippen molar-refractivity contribution < 1.29 is 4.74 Å². The van der Waals surface area contributed by atoms with Crippen LogP contribution in [0, 0.1) is 11.3 Å². The lowest BCUT2D eigenvalue weighted by Crippen LogP contribution is -2.47. The zero-order valence-electron chi connectivity index (χ0n) is 9.47. The summed E-state index contributed by atoms with van der Waals surface area (Å²) >= 11 is 0. The topological polar surface area (TPSA) is 36.3 Å². The molecule has 0 N–H and O–H groups in total. The Bertz CT molecular complexity index is 371. The van der Waals surface area contributed by atoms with Gasteiger partial charge in [0.15, 0.2) is 6.10 Å². The summed E-state index contributed by atoms with van der Waals surface area (Å²) in [7, 11) is 0. The van der Waals surface area contributed by atoms with Crippen LogP contribution in [0.3, 0.4) is 0 Å². The first-order valence-corrected chi connectivity index (χ1v) is 5.59. The van der Waals surface area contributed by atoms with Gasteiger partial charge in [0.05, 0.1) is 12.7 Å². The maximum Gasteiger partial charge on any atom is 0.156 e. The third-order valence-corrected chi connectivity index (χ3v) is 2.93. The highest BCUT2D eigenvalue weighted by molar-refractivity contribution is 5.14. The number of ether oxygens (including phenoxy) is 1. The highest BCUT2D eigenvalue weighted by atomic mass is 16.5. The van der Waals surface area contributed by atoms with Crippen molar-refractivity contribution in [3.05, 3.63) is 35.9 Å². The average Bonchev–Trinajstić information content (AvgIpc) is 2.33. The summed E-state index contributed by atoms with van der Waals surface area (Å²) in [5, 5.41) is 8.86. The van der Waals surface area contributed by atoms with Crippen LogP contribution in [-0.2, 0) is 11.3 Å². The number of nitriles is 1. The van der Waals surface area contributed by atoms with Crippen LogP contribution in [0.4, 0.5) is 0 Å². The number of hydrogen-bond acceptors (Lipinski definition) is 3. The average molecular weight is 216 g/mol. The molecule has 0 amide bonds. The fraction of sp³-hybridized carbons (Fsp3) is 0.462. The van der Waals surface area contributed by atoms with Crippen LogP contribution in [0.2, 0.25) is 0 Å². The Hall–Kier alpha value is -1.37. The molecule has 1 aromatic carbocycles. The van der Waals surface area contributed by atoms with Gasteiger partial charge < -0.3 is 4.74 Å². The molecule has 0 radical (unpaired) electrons. The van der Waals surface area contributed by atoms with Gasteiger partial charge in [0.1, 0.15) is 0 Å². The van der Waals surface area contributed by atoms with E-state index in [0.29, 0.717) is 19.2 Å². The number of nitrogens with zero attached hydrogens (tertiary/aromatic N) is 2. The van der Waals surface area contributed by atoms with Crippen molar-refractivity contribution in [2.24, 2.45) is 0 Å². The number of benzene rings is 1. The van der Waals surface area contributed by atoms with E-state index in [2.05, 4.69) is 30.0 Å². The quantitative estimate of drug-likeness (QED) is 0.756. The molecule has 0 aliphatic carbocycles. The molecule has 0 aromatic heterocycles. The molecule has 3 heteroatoms. The molecule has 1 heterocycles. The van der Waals surface area contributed by atoms with Gasteiger partial charge in [0.25, 0.3) is 0 Å². The normalized spacial score (nSPS) is 26.2. The van der Waals surface area contributed by atoms with Crippen LogP contribution in [0.1, 0.15) is 12.5 Å². The first-order chi connectivity index (χ1) is 7.79. The van der Waals surface area contributed by atoms with Crippen molar-refractivity contribution in [2.45, 2.75) is 25.6 Å². The summed E-state index contributed by atoms with van der Waals surface area (Å²) in [5.41, 5.74) is 1.29.